The van der Waals surface area contributed by atoms with Gasteiger partial charge in [-0.2, -0.15) is 0 Å². The van der Waals surface area contributed by atoms with Crippen LogP contribution in [0.1, 0.15) is 36.0 Å². The van der Waals surface area contributed by atoms with Crippen LogP contribution in [0.15, 0.2) is 48.7 Å². The molecule has 1 aromatic heterocycles. The largest absolute Gasteiger partial charge is 0.497 e. The Bertz CT molecular complexity index is 1260. The van der Waals surface area contributed by atoms with E-state index in [2.05, 4.69) is 27.8 Å². The molecule has 0 unspecified atom stereocenters. The first-order valence-corrected chi connectivity index (χ1v) is 12.4. The van der Waals surface area contributed by atoms with E-state index in [0.29, 0.717) is 18.1 Å². The zero-order valence-electron chi connectivity index (χ0n) is 20.3. The molecule has 2 heterocycles. The van der Waals surface area contributed by atoms with Crippen molar-refractivity contribution in [1.82, 2.24) is 9.88 Å². The molecule has 0 bridgehead atoms. The molecule has 1 fully saturated rings. The standard InChI is InChI=1S/C29H31ClN2O3/c1-20-8-9-21(17-27(20)30)5-4-15-32-16-13-23(26(19-32)29(33)34)7-3-6-22-12-14-31-28-11-10-24(35-2)18-25(22)28/h8-12,14,17-18,23,26H,3,6-7,13,15-16,19H2,1-2H3,(H,33,34)/t23-,26+/m1/s1. The number of hydrogen-bond acceptors (Lipinski definition) is 4. The lowest BCUT2D eigenvalue weighted by atomic mass is 9.81. The van der Waals surface area contributed by atoms with E-state index >= 15 is 0 Å². The second kappa shape index (κ2) is 11.6. The molecule has 35 heavy (non-hydrogen) atoms. The van der Waals surface area contributed by atoms with Crippen molar-refractivity contribution in [2.75, 3.05) is 26.7 Å². The first kappa shape index (κ1) is 25.0. The van der Waals surface area contributed by atoms with Gasteiger partial charge in [-0.1, -0.05) is 29.5 Å². The van der Waals surface area contributed by atoms with Crippen molar-refractivity contribution < 1.29 is 14.6 Å². The van der Waals surface area contributed by atoms with Crippen LogP contribution in [0.25, 0.3) is 10.9 Å². The normalized spacial score (nSPS) is 18.1. The lowest BCUT2D eigenvalue weighted by Crippen LogP contribution is -2.44. The second-order valence-corrected chi connectivity index (χ2v) is 9.65. The number of aryl methyl sites for hydroxylation is 2. The number of methoxy groups -OCH3 is 1. The van der Waals surface area contributed by atoms with Crippen molar-refractivity contribution in [2.24, 2.45) is 11.8 Å². The SMILES string of the molecule is COc1ccc2nccc(CCC[C@@H]3CCN(CC#Cc4ccc(C)c(Cl)c4)C[C@@H]3C(=O)O)c2c1. The summed E-state index contributed by atoms with van der Waals surface area (Å²) in [5, 5.41) is 11.7. The van der Waals surface area contributed by atoms with Crippen LogP contribution in [0, 0.1) is 30.6 Å². The van der Waals surface area contributed by atoms with Crippen LogP contribution in [-0.2, 0) is 11.2 Å². The Morgan fingerprint density at radius 2 is 2.11 bits per heavy atom. The van der Waals surface area contributed by atoms with Gasteiger partial charge in [0.1, 0.15) is 5.75 Å². The number of piperidine rings is 1. The summed E-state index contributed by atoms with van der Waals surface area (Å²) >= 11 is 6.18. The highest BCUT2D eigenvalue weighted by molar-refractivity contribution is 6.31. The third-order valence-corrected chi connectivity index (χ3v) is 7.33. The molecule has 1 N–H and O–H groups in total. The maximum absolute atomic E-state index is 12.1. The van der Waals surface area contributed by atoms with Crippen molar-refractivity contribution in [3.8, 4) is 17.6 Å². The molecule has 2 aromatic carbocycles. The van der Waals surface area contributed by atoms with Gasteiger partial charge in [0, 0.05) is 28.7 Å². The van der Waals surface area contributed by atoms with Crippen molar-refractivity contribution in [1.29, 1.82) is 0 Å². The van der Waals surface area contributed by atoms with Gasteiger partial charge in [-0.25, -0.2) is 0 Å². The van der Waals surface area contributed by atoms with Crippen molar-refractivity contribution >= 4 is 28.5 Å². The van der Waals surface area contributed by atoms with Gasteiger partial charge in [-0.15, -0.1) is 0 Å². The number of pyridine rings is 1. The topological polar surface area (TPSA) is 62.7 Å². The zero-order chi connectivity index (χ0) is 24.8. The fourth-order valence-electron chi connectivity index (χ4n) is 4.84. The van der Waals surface area contributed by atoms with Crippen LogP contribution in [0.3, 0.4) is 0 Å². The fourth-order valence-corrected chi connectivity index (χ4v) is 5.02. The van der Waals surface area contributed by atoms with Crippen molar-refractivity contribution in [2.45, 2.75) is 32.6 Å². The highest BCUT2D eigenvalue weighted by atomic mass is 35.5. The molecule has 0 spiro atoms. The van der Waals surface area contributed by atoms with E-state index < -0.39 is 5.97 Å². The number of hydrogen-bond donors (Lipinski definition) is 1. The average molecular weight is 491 g/mol. The molecule has 1 aliphatic heterocycles. The van der Waals surface area contributed by atoms with Crippen LogP contribution < -0.4 is 4.74 Å². The molecule has 182 valence electrons. The number of benzene rings is 2. The number of carboxylic acid groups (broad SMARTS) is 1. The van der Waals surface area contributed by atoms with Crippen LogP contribution >= 0.6 is 11.6 Å². The lowest BCUT2D eigenvalue weighted by Gasteiger charge is -2.35. The van der Waals surface area contributed by atoms with Crippen LogP contribution in [-0.4, -0.2) is 47.7 Å². The summed E-state index contributed by atoms with van der Waals surface area (Å²) in [5.74, 6) is 6.26. The van der Waals surface area contributed by atoms with Crippen LogP contribution in [0.5, 0.6) is 5.75 Å². The third kappa shape index (κ3) is 6.33. The maximum atomic E-state index is 12.1. The molecular weight excluding hydrogens is 460 g/mol. The molecular formula is C29H31ClN2O3. The summed E-state index contributed by atoms with van der Waals surface area (Å²) in [7, 11) is 1.67. The summed E-state index contributed by atoms with van der Waals surface area (Å²) in [4.78, 5) is 18.7. The Balaban J connectivity index is 1.34. The van der Waals surface area contributed by atoms with Crippen LogP contribution in [0.4, 0.5) is 0 Å². The van der Waals surface area contributed by atoms with E-state index in [1.54, 1.807) is 7.11 Å². The third-order valence-electron chi connectivity index (χ3n) is 6.92. The lowest BCUT2D eigenvalue weighted by molar-refractivity contribution is -0.146. The maximum Gasteiger partial charge on any atom is 0.308 e. The molecule has 6 heteroatoms. The highest BCUT2D eigenvalue weighted by Crippen LogP contribution is 2.30. The molecule has 5 nitrogen and oxygen atoms in total. The molecule has 1 aliphatic rings. The Kier molecular flexibility index (Phi) is 8.28. The molecule has 0 aliphatic carbocycles. The highest BCUT2D eigenvalue weighted by Gasteiger charge is 2.33. The molecule has 3 aromatic rings. The average Bonchev–Trinajstić information content (AvgIpc) is 2.86. The number of aliphatic carboxylic acids is 1. The number of fused-ring (bicyclic) bond motifs is 1. The quantitative estimate of drug-likeness (QED) is 0.436. The summed E-state index contributed by atoms with van der Waals surface area (Å²) in [6.07, 6.45) is 5.45. The summed E-state index contributed by atoms with van der Waals surface area (Å²) in [6.45, 7) is 3.94. The fraction of sp³-hybridized carbons (Fsp3) is 0.379. The summed E-state index contributed by atoms with van der Waals surface area (Å²) in [6, 6.07) is 13.8. The minimum Gasteiger partial charge on any atom is -0.497 e. The molecule has 4 rings (SSSR count). The van der Waals surface area contributed by atoms with E-state index in [-0.39, 0.29) is 11.8 Å². The number of likely N-dealkylation sites (tertiary alicyclic amines) is 1. The van der Waals surface area contributed by atoms with Crippen molar-refractivity contribution in [3.05, 3.63) is 70.4 Å². The first-order valence-electron chi connectivity index (χ1n) is 12.1. The minimum atomic E-state index is -0.711. The summed E-state index contributed by atoms with van der Waals surface area (Å²) < 4.78 is 5.38. The van der Waals surface area contributed by atoms with Crippen molar-refractivity contribution in [3.63, 3.8) is 0 Å². The van der Waals surface area contributed by atoms with E-state index in [0.717, 1.165) is 60.0 Å². The Labute approximate surface area is 212 Å². The predicted octanol–water partition coefficient (Wildman–Crippen LogP) is 5.60. The predicted molar refractivity (Wildman–Crippen MR) is 140 cm³/mol. The first-order chi connectivity index (χ1) is 16.9. The van der Waals surface area contributed by atoms with E-state index in [9.17, 15) is 9.90 Å². The molecule has 2 atom stereocenters. The Morgan fingerprint density at radius 3 is 2.89 bits per heavy atom. The summed E-state index contributed by atoms with van der Waals surface area (Å²) in [5.41, 5.74) is 4.09. The van der Waals surface area contributed by atoms with E-state index in [1.807, 2.05) is 49.5 Å². The van der Waals surface area contributed by atoms with Gasteiger partial charge in [0.15, 0.2) is 0 Å². The number of ether oxygens (including phenoxy) is 1. The van der Waals surface area contributed by atoms with Gasteiger partial charge < -0.3 is 9.84 Å². The molecule has 0 amide bonds. The van der Waals surface area contributed by atoms with Gasteiger partial charge in [-0.3, -0.25) is 14.7 Å². The zero-order valence-corrected chi connectivity index (χ0v) is 21.0. The van der Waals surface area contributed by atoms with Crippen LogP contribution in [0.2, 0.25) is 5.02 Å². The number of carbonyl (C=O) groups is 1. The smallest absolute Gasteiger partial charge is 0.308 e. The Morgan fingerprint density at radius 1 is 1.26 bits per heavy atom. The van der Waals surface area contributed by atoms with Gasteiger partial charge in [0.05, 0.1) is 25.1 Å². The number of nitrogens with zero attached hydrogens (tertiary/aromatic N) is 2. The number of aromatic nitrogens is 1. The monoisotopic (exact) mass is 490 g/mol. The molecule has 1 saturated heterocycles. The van der Waals surface area contributed by atoms with Gasteiger partial charge >= 0.3 is 5.97 Å². The van der Waals surface area contributed by atoms with Gasteiger partial charge in [0.2, 0.25) is 0 Å². The molecule has 0 saturated carbocycles. The van der Waals surface area contributed by atoms with Gasteiger partial charge in [-0.05, 0) is 92.6 Å². The number of carboxylic acids is 1. The minimum absolute atomic E-state index is 0.176. The molecule has 0 radical (unpaired) electrons. The van der Waals surface area contributed by atoms with E-state index in [4.69, 9.17) is 16.3 Å². The number of rotatable bonds is 7. The van der Waals surface area contributed by atoms with Gasteiger partial charge in [0.25, 0.3) is 0 Å². The number of halogens is 1. The Hall–Kier alpha value is -3.07. The second-order valence-electron chi connectivity index (χ2n) is 9.24. The van der Waals surface area contributed by atoms with E-state index in [1.165, 1.54) is 5.56 Å².